The van der Waals surface area contributed by atoms with Crippen molar-refractivity contribution in [1.29, 1.82) is 0 Å². The van der Waals surface area contributed by atoms with E-state index in [1.165, 1.54) is 0 Å². The summed E-state index contributed by atoms with van der Waals surface area (Å²) < 4.78 is 16.9. The number of hydrogen-bond donors (Lipinski definition) is 2. The van der Waals surface area contributed by atoms with E-state index in [1.807, 2.05) is 18.2 Å². The summed E-state index contributed by atoms with van der Waals surface area (Å²) in [5.41, 5.74) is 0.237. The van der Waals surface area contributed by atoms with Crippen LogP contribution in [0.3, 0.4) is 0 Å². The van der Waals surface area contributed by atoms with Crippen molar-refractivity contribution >= 4 is 11.6 Å². The van der Waals surface area contributed by atoms with Crippen LogP contribution in [0.2, 0.25) is 0 Å². The maximum absolute atomic E-state index is 13.0. The molecule has 0 bridgehead atoms. The molecule has 0 radical (unpaired) electrons. The Balaban J connectivity index is 2.14. The van der Waals surface area contributed by atoms with Gasteiger partial charge in [0, 0.05) is 18.9 Å². The molecule has 0 aliphatic carbocycles. The van der Waals surface area contributed by atoms with Crippen LogP contribution in [0.25, 0.3) is 0 Å². The lowest BCUT2D eigenvalue weighted by Gasteiger charge is -2.35. The number of benzene rings is 1. The zero-order valence-corrected chi connectivity index (χ0v) is 16.2. The second kappa shape index (κ2) is 10.4. The number of methoxy groups -OCH3 is 1. The zero-order valence-electron chi connectivity index (χ0n) is 16.2. The fourth-order valence-electron chi connectivity index (χ4n) is 3.12. The molecule has 1 aromatic rings. The standard InChI is InChI=1S/C20H32N2O4/c1-4-12-25-17-7-6-16(14-18(17)26-13-5-2)22-19(23)20(15-24-3)8-10-21-11-9-20/h6-7,14,21H,4-5,8-13,15H2,1-3H3,(H,22,23). The Morgan fingerprint density at radius 2 is 1.77 bits per heavy atom. The highest BCUT2D eigenvalue weighted by molar-refractivity contribution is 5.95. The maximum Gasteiger partial charge on any atom is 0.233 e. The summed E-state index contributed by atoms with van der Waals surface area (Å²) in [5.74, 6) is 1.39. The Bertz CT molecular complexity index is 565. The third-order valence-electron chi connectivity index (χ3n) is 4.59. The lowest BCUT2D eigenvalue weighted by Crippen LogP contribution is -2.47. The van der Waals surface area contributed by atoms with Gasteiger partial charge in [0.1, 0.15) is 0 Å². The van der Waals surface area contributed by atoms with Crippen LogP contribution in [0.4, 0.5) is 5.69 Å². The first kappa shape index (κ1) is 20.5. The Kier molecular flexibility index (Phi) is 8.19. The van der Waals surface area contributed by atoms with Gasteiger partial charge in [0.15, 0.2) is 11.5 Å². The van der Waals surface area contributed by atoms with Gasteiger partial charge in [0.2, 0.25) is 5.91 Å². The van der Waals surface area contributed by atoms with Crippen LogP contribution in [0, 0.1) is 5.41 Å². The second-order valence-electron chi connectivity index (χ2n) is 6.78. The van der Waals surface area contributed by atoms with E-state index in [0.717, 1.165) is 44.5 Å². The van der Waals surface area contributed by atoms with Crippen LogP contribution in [0.1, 0.15) is 39.5 Å². The Morgan fingerprint density at radius 3 is 2.38 bits per heavy atom. The van der Waals surface area contributed by atoms with Crippen molar-refractivity contribution in [2.45, 2.75) is 39.5 Å². The van der Waals surface area contributed by atoms with Crippen molar-refractivity contribution < 1.29 is 19.0 Å². The van der Waals surface area contributed by atoms with Gasteiger partial charge in [-0.05, 0) is 50.9 Å². The van der Waals surface area contributed by atoms with Gasteiger partial charge >= 0.3 is 0 Å². The third kappa shape index (κ3) is 5.35. The lowest BCUT2D eigenvalue weighted by atomic mass is 9.78. The van der Waals surface area contributed by atoms with E-state index < -0.39 is 5.41 Å². The molecule has 1 fully saturated rings. The Hall–Kier alpha value is -1.79. The number of hydrogen-bond acceptors (Lipinski definition) is 5. The van der Waals surface area contributed by atoms with Crippen molar-refractivity contribution in [3.05, 3.63) is 18.2 Å². The van der Waals surface area contributed by atoms with Gasteiger partial charge in [0.05, 0.1) is 25.2 Å². The molecule has 1 amide bonds. The van der Waals surface area contributed by atoms with Gasteiger partial charge in [-0.1, -0.05) is 13.8 Å². The van der Waals surface area contributed by atoms with Gasteiger partial charge < -0.3 is 24.8 Å². The normalized spacial score (nSPS) is 16.1. The van der Waals surface area contributed by atoms with Crippen molar-refractivity contribution in [3.8, 4) is 11.5 Å². The third-order valence-corrected chi connectivity index (χ3v) is 4.59. The minimum atomic E-state index is -0.484. The number of carbonyl (C=O) groups excluding carboxylic acids is 1. The first-order valence-electron chi connectivity index (χ1n) is 9.56. The molecule has 1 aromatic carbocycles. The van der Waals surface area contributed by atoms with Crippen LogP contribution >= 0.6 is 0 Å². The summed E-state index contributed by atoms with van der Waals surface area (Å²) in [7, 11) is 1.65. The van der Waals surface area contributed by atoms with Gasteiger partial charge in [-0.15, -0.1) is 0 Å². The summed E-state index contributed by atoms with van der Waals surface area (Å²) in [6.07, 6.45) is 3.38. The quantitative estimate of drug-likeness (QED) is 0.667. The minimum Gasteiger partial charge on any atom is -0.490 e. The van der Waals surface area contributed by atoms with Crippen LogP contribution in [0.5, 0.6) is 11.5 Å². The van der Waals surface area contributed by atoms with Crippen LogP contribution in [-0.4, -0.2) is 45.9 Å². The Morgan fingerprint density at radius 1 is 1.12 bits per heavy atom. The molecular formula is C20H32N2O4. The van der Waals surface area contributed by atoms with Gasteiger partial charge in [0.25, 0.3) is 0 Å². The van der Waals surface area contributed by atoms with Crippen LogP contribution in [-0.2, 0) is 9.53 Å². The number of anilines is 1. The average Bonchev–Trinajstić information content (AvgIpc) is 2.66. The Labute approximate surface area is 156 Å². The molecule has 0 saturated carbocycles. The summed E-state index contributed by atoms with van der Waals surface area (Å²) in [5, 5.41) is 6.36. The molecule has 6 heteroatoms. The molecule has 2 rings (SSSR count). The molecule has 0 atom stereocenters. The number of ether oxygens (including phenoxy) is 3. The zero-order chi connectivity index (χ0) is 18.8. The molecular weight excluding hydrogens is 332 g/mol. The highest BCUT2D eigenvalue weighted by Crippen LogP contribution is 2.34. The maximum atomic E-state index is 13.0. The number of rotatable bonds is 10. The smallest absolute Gasteiger partial charge is 0.233 e. The molecule has 0 spiro atoms. The molecule has 26 heavy (non-hydrogen) atoms. The molecule has 2 N–H and O–H groups in total. The minimum absolute atomic E-state index is 0.00418. The fourth-order valence-corrected chi connectivity index (χ4v) is 3.12. The molecule has 146 valence electrons. The van der Waals surface area contributed by atoms with E-state index >= 15 is 0 Å². The van der Waals surface area contributed by atoms with Gasteiger partial charge in [-0.3, -0.25) is 4.79 Å². The molecule has 1 aliphatic heterocycles. The first-order valence-corrected chi connectivity index (χ1v) is 9.56. The first-order chi connectivity index (χ1) is 12.6. The topological polar surface area (TPSA) is 68.8 Å². The number of amides is 1. The molecule has 0 unspecified atom stereocenters. The molecule has 6 nitrogen and oxygen atoms in total. The van der Waals surface area contributed by atoms with E-state index in [2.05, 4.69) is 24.5 Å². The van der Waals surface area contributed by atoms with Crippen LogP contribution in [0.15, 0.2) is 18.2 Å². The van der Waals surface area contributed by atoms with Gasteiger partial charge in [-0.25, -0.2) is 0 Å². The highest BCUT2D eigenvalue weighted by atomic mass is 16.5. The summed E-state index contributed by atoms with van der Waals surface area (Å²) in [6, 6.07) is 5.57. The molecule has 0 aromatic heterocycles. The highest BCUT2D eigenvalue weighted by Gasteiger charge is 2.39. The van der Waals surface area contributed by atoms with Crippen molar-refractivity contribution in [3.63, 3.8) is 0 Å². The summed E-state index contributed by atoms with van der Waals surface area (Å²) >= 11 is 0. The van der Waals surface area contributed by atoms with E-state index in [4.69, 9.17) is 14.2 Å². The SMILES string of the molecule is CCCOc1ccc(NC(=O)C2(COC)CCNCC2)cc1OCCC. The van der Waals surface area contributed by atoms with Gasteiger partial charge in [-0.2, -0.15) is 0 Å². The van der Waals surface area contributed by atoms with Crippen molar-refractivity contribution in [1.82, 2.24) is 5.32 Å². The average molecular weight is 364 g/mol. The number of piperidine rings is 1. The molecule has 1 saturated heterocycles. The van der Waals surface area contributed by atoms with E-state index in [0.29, 0.717) is 31.3 Å². The van der Waals surface area contributed by atoms with E-state index in [1.54, 1.807) is 7.11 Å². The molecule has 1 heterocycles. The summed E-state index contributed by atoms with van der Waals surface area (Å²) in [6.45, 7) is 7.45. The monoisotopic (exact) mass is 364 g/mol. The second-order valence-corrected chi connectivity index (χ2v) is 6.78. The summed E-state index contributed by atoms with van der Waals surface area (Å²) in [4.78, 5) is 13.0. The predicted octanol–water partition coefficient (Wildman–Crippen LogP) is 3.22. The van der Waals surface area contributed by atoms with E-state index in [-0.39, 0.29) is 5.91 Å². The predicted molar refractivity (Wildman–Crippen MR) is 103 cm³/mol. The lowest BCUT2D eigenvalue weighted by molar-refractivity contribution is -0.130. The molecule has 1 aliphatic rings. The number of nitrogens with one attached hydrogen (secondary N) is 2. The van der Waals surface area contributed by atoms with Crippen molar-refractivity contribution in [2.24, 2.45) is 5.41 Å². The van der Waals surface area contributed by atoms with Crippen LogP contribution < -0.4 is 20.1 Å². The fraction of sp³-hybridized carbons (Fsp3) is 0.650. The van der Waals surface area contributed by atoms with E-state index in [9.17, 15) is 4.79 Å². The van der Waals surface area contributed by atoms with Crippen molar-refractivity contribution in [2.75, 3.05) is 45.3 Å². The largest absolute Gasteiger partial charge is 0.490 e. The number of carbonyl (C=O) groups is 1.